The maximum atomic E-state index is 12.1. The lowest BCUT2D eigenvalue weighted by atomic mass is 10.0. The summed E-state index contributed by atoms with van der Waals surface area (Å²) in [7, 11) is 0. The molecular weight excluding hydrogens is 350 g/mol. The number of carbonyl (C=O) groups excluding carboxylic acids is 1. The van der Waals surface area contributed by atoms with Crippen molar-refractivity contribution in [2.45, 2.75) is 26.7 Å². The Hall–Kier alpha value is -1.33. The number of hydrogen-bond donors (Lipinski definition) is 1. The molecule has 5 heteroatoms. The van der Waals surface area contributed by atoms with Crippen LogP contribution in [-0.4, -0.2) is 12.6 Å². The first-order valence-electron chi connectivity index (χ1n) is 6.82. The minimum absolute atomic E-state index is 0.315. The van der Waals surface area contributed by atoms with Crippen LogP contribution in [0.3, 0.4) is 0 Å². The van der Waals surface area contributed by atoms with E-state index in [9.17, 15) is 4.79 Å². The molecular formula is C16H18BrNO2S. The lowest BCUT2D eigenvalue weighted by Gasteiger charge is -2.07. The summed E-state index contributed by atoms with van der Waals surface area (Å²) < 4.78 is 6.18. The number of esters is 1. The monoisotopic (exact) mass is 367 g/mol. The Morgan fingerprint density at radius 1 is 1.29 bits per heavy atom. The number of benzene rings is 1. The van der Waals surface area contributed by atoms with Crippen LogP contribution in [0.25, 0.3) is 0 Å². The molecule has 0 amide bonds. The molecule has 1 aromatic carbocycles. The number of thiophene rings is 1. The van der Waals surface area contributed by atoms with Gasteiger partial charge in [-0.25, -0.2) is 4.79 Å². The van der Waals surface area contributed by atoms with Crippen LogP contribution in [0.5, 0.6) is 0 Å². The van der Waals surface area contributed by atoms with Gasteiger partial charge in [-0.3, -0.25) is 0 Å². The van der Waals surface area contributed by atoms with Crippen LogP contribution in [0, 0.1) is 6.92 Å². The van der Waals surface area contributed by atoms with Crippen LogP contribution in [0.2, 0.25) is 0 Å². The van der Waals surface area contributed by atoms with E-state index in [2.05, 4.69) is 28.1 Å². The molecule has 112 valence electrons. The Kier molecular flexibility index (Phi) is 5.42. The number of carbonyl (C=O) groups is 1. The molecule has 0 fully saturated rings. The molecule has 3 nitrogen and oxygen atoms in total. The summed E-state index contributed by atoms with van der Waals surface area (Å²) >= 11 is 4.89. The molecule has 0 bridgehead atoms. The number of rotatable bonds is 5. The van der Waals surface area contributed by atoms with Crippen molar-refractivity contribution in [1.82, 2.24) is 0 Å². The molecule has 0 aliphatic heterocycles. The van der Waals surface area contributed by atoms with Crippen LogP contribution < -0.4 is 5.73 Å². The highest BCUT2D eigenvalue weighted by atomic mass is 79.9. The summed E-state index contributed by atoms with van der Waals surface area (Å²) in [6.07, 6.45) is 1.66. The van der Waals surface area contributed by atoms with Crippen LogP contribution in [0.15, 0.2) is 28.7 Å². The van der Waals surface area contributed by atoms with Crippen LogP contribution in [-0.2, 0) is 17.6 Å². The van der Waals surface area contributed by atoms with Crippen LogP contribution >= 0.6 is 27.3 Å². The van der Waals surface area contributed by atoms with E-state index in [4.69, 9.17) is 10.5 Å². The van der Waals surface area contributed by atoms with Gasteiger partial charge >= 0.3 is 5.97 Å². The molecule has 2 N–H and O–H groups in total. The zero-order chi connectivity index (χ0) is 15.4. The fourth-order valence-corrected chi connectivity index (χ4v) is 3.48. The molecule has 0 saturated heterocycles. The third kappa shape index (κ3) is 3.86. The molecule has 0 saturated carbocycles. The average molecular weight is 368 g/mol. The van der Waals surface area contributed by atoms with Gasteiger partial charge in [0.2, 0.25) is 0 Å². The van der Waals surface area contributed by atoms with Crippen molar-refractivity contribution in [2.75, 3.05) is 12.3 Å². The summed E-state index contributed by atoms with van der Waals surface area (Å²) in [4.78, 5) is 13.1. The van der Waals surface area contributed by atoms with Gasteiger partial charge in [-0.1, -0.05) is 28.1 Å². The number of nitrogen functional groups attached to an aromatic ring is 1. The molecule has 1 heterocycles. The molecule has 0 spiro atoms. The molecule has 0 unspecified atom stereocenters. The standard InChI is InChI=1S/C16H18BrNO2S/c1-3-20-16(19)14-13(10(2)21-15(14)18)9-6-11-4-7-12(17)8-5-11/h4-5,7-8H,3,6,9,18H2,1-2H3. The van der Waals surface area contributed by atoms with E-state index < -0.39 is 0 Å². The summed E-state index contributed by atoms with van der Waals surface area (Å²) in [5.74, 6) is -0.315. The van der Waals surface area contributed by atoms with Crippen LogP contribution in [0.1, 0.15) is 33.3 Å². The number of ether oxygens (including phenoxy) is 1. The molecule has 2 rings (SSSR count). The van der Waals surface area contributed by atoms with Gasteiger partial charge in [0.1, 0.15) is 5.00 Å². The molecule has 21 heavy (non-hydrogen) atoms. The zero-order valence-corrected chi connectivity index (χ0v) is 14.5. The third-order valence-electron chi connectivity index (χ3n) is 3.29. The fourth-order valence-electron chi connectivity index (χ4n) is 2.25. The largest absolute Gasteiger partial charge is 0.462 e. The topological polar surface area (TPSA) is 52.3 Å². The average Bonchev–Trinajstić information content (AvgIpc) is 2.72. The van der Waals surface area contributed by atoms with E-state index >= 15 is 0 Å². The van der Waals surface area contributed by atoms with Gasteiger partial charge in [-0.05, 0) is 49.9 Å². The smallest absolute Gasteiger partial charge is 0.341 e. The van der Waals surface area contributed by atoms with Gasteiger partial charge in [0.25, 0.3) is 0 Å². The van der Waals surface area contributed by atoms with Crippen molar-refractivity contribution in [3.05, 3.63) is 50.3 Å². The second-order valence-electron chi connectivity index (χ2n) is 4.72. The minimum Gasteiger partial charge on any atom is -0.462 e. The Morgan fingerprint density at radius 2 is 1.95 bits per heavy atom. The van der Waals surface area contributed by atoms with Crippen molar-refractivity contribution in [3.8, 4) is 0 Å². The normalized spacial score (nSPS) is 10.6. The molecule has 0 aliphatic rings. The predicted octanol–water partition coefficient (Wildman–Crippen LogP) is 4.36. The van der Waals surface area contributed by atoms with Crippen molar-refractivity contribution < 1.29 is 9.53 Å². The summed E-state index contributed by atoms with van der Waals surface area (Å²) in [6, 6.07) is 8.21. The summed E-state index contributed by atoms with van der Waals surface area (Å²) in [5.41, 5.74) is 8.77. The van der Waals surface area contributed by atoms with Gasteiger partial charge in [0.15, 0.2) is 0 Å². The van der Waals surface area contributed by atoms with E-state index in [0.29, 0.717) is 17.2 Å². The Balaban J connectivity index is 2.19. The first-order chi connectivity index (χ1) is 10.0. The second-order valence-corrected chi connectivity index (χ2v) is 6.89. The molecule has 0 atom stereocenters. The van der Waals surface area contributed by atoms with E-state index in [0.717, 1.165) is 27.8 Å². The van der Waals surface area contributed by atoms with Crippen molar-refractivity contribution in [3.63, 3.8) is 0 Å². The van der Waals surface area contributed by atoms with Gasteiger partial charge in [0, 0.05) is 9.35 Å². The lowest BCUT2D eigenvalue weighted by Crippen LogP contribution is -2.09. The number of aryl methyl sites for hydroxylation is 2. The zero-order valence-electron chi connectivity index (χ0n) is 12.1. The summed E-state index contributed by atoms with van der Waals surface area (Å²) in [5, 5.41) is 0.553. The van der Waals surface area contributed by atoms with E-state index in [-0.39, 0.29) is 5.97 Å². The molecule has 1 aromatic heterocycles. The highest BCUT2D eigenvalue weighted by molar-refractivity contribution is 9.10. The number of anilines is 1. The molecule has 0 radical (unpaired) electrons. The Morgan fingerprint density at radius 3 is 2.57 bits per heavy atom. The maximum absolute atomic E-state index is 12.1. The fraction of sp³-hybridized carbons (Fsp3) is 0.312. The maximum Gasteiger partial charge on any atom is 0.341 e. The first-order valence-corrected chi connectivity index (χ1v) is 8.43. The van der Waals surface area contributed by atoms with Gasteiger partial charge in [0.05, 0.1) is 12.2 Å². The summed E-state index contributed by atoms with van der Waals surface area (Å²) in [6.45, 7) is 4.16. The molecule has 0 aliphatic carbocycles. The van der Waals surface area contributed by atoms with Crippen molar-refractivity contribution in [2.24, 2.45) is 0 Å². The number of hydrogen-bond acceptors (Lipinski definition) is 4. The first kappa shape index (κ1) is 16.0. The Bertz CT molecular complexity index is 634. The van der Waals surface area contributed by atoms with Crippen LogP contribution in [0.4, 0.5) is 5.00 Å². The second kappa shape index (κ2) is 7.09. The van der Waals surface area contributed by atoms with E-state index in [1.54, 1.807) is 6.92 Å². The van der Waals surface area contributed by atoms with Gasteiger partial charge in [-0.2, -0.15) is 0 Å². The third-order valence-corrected chi connectivity index (χ3v) is 4.80. The number of halogens is 1. The highest BCUT2D eigenvalue weighted by Gasteiger charge is 2.21. The minimum atomic E-state index is -0.315. The SMILES string of the molecule is CCOC(=O)c1c(N)sc(C)c1CCc1ccc(Br)cc1. The lowest BCUT2D eigenvalue weighted by molar-refractivity contribution is 0.0527. The predicted molar refractivity (Wildman–Crippen MR) is 91.0 cm³/mol. The molecule has 2 aromatic rings. The van der Waals surface area contributed by atoms with E-state index in [1.807, 2.05) is 19.1 Å². The highest BCUT2D eigenvalue weighted by Crippen LogP contribution is 2.32. The van der Waals surface area contributed by atoms with Gasteiger partial charge in [-0.15, -0.1) is 11.3 Å². The van der Waals surface area contributed by atoms with Crippen molar-refractivity contribution >= 4 is 38.2 Å². The Labute approximate surface area is 137 Å². The van der Waals surface area contributed by atoms with E-state index in [1.165, 1.54) is 16.9 Å². The quantitative estimate of drug-likeness (QED) is 0.798. The number of nitrogens with two attached hydrogens (primary N) is 1. The van der Waals surface area contributed by atoms with Gasteiger partial charge < -0.3 is 10.5 Å². The van der Waals surface area contributed by atoms with Crippen molar-refractivity contribution in [1.29, 1.82) is 0 Å².